The van der Waals surface area contributed by atoms with Crippen LogP contribution >= 0.6 is 15.9 Å². The van der Waals surface area contributed by atoms with Gasteiger partial charge in [0.15, 0.2) is 5.96 Å². The molecular weight excluding hydrogens is 378 g/mol. The van der Waals surface area contributed by atoms with E-state index >= 15 is 0 Å². The monoisotopic (exact) mass is 405 g/mol. The van der Waals surface area contributed by atoms with Gasteiger partial charge in [0, 0.05) is 63.8 Å². The van der Waals surface area contributed by atoms with Crippen molar-refractivity contribution in [3.05, 3.63) is 52.3 Å². The molecule has 0 radical (unpaired) electrons. The number of nitrogens with zero attached hydrogens (tertiary/aromatic N) is 4. The van der Waals surface area contributed by atoms with Crippen molar-refractivity contribution in [2.24, 2.45) is 12.0 Å². The summed E-state index contributed by atoms with van der Waals surface area (Å²) in [5.74, 6) is 0.905. The van der Waals surface area contributed by atoms with E-state index in [0.717, 1.165) is 29.9 Å². The Morgan fingerprint density at radius 1 is 1.20 bits per heavy atom. The van der Waals surface area contributed by atoms with Crippen LogP contribution in [0.3, 0.4) is 0 Å². The second kappa shape index (κ2) is 8.94. The van der Waals surface area contributed by atoms with E-state index in [0.29, 0.717) is 0 Å². The molecule has 0 saturated carbocycles. The summed E-state index contributed by atoms with van der Waals surface area (Å²) in [6, 6.07) is 10.8. The zero-order valence-electron chi connectivity index (χ0n) is 15.8. The fourth-order valence-electron chi connectivity index (χ4n) is 2.71. The van der Waals surface area contributed by atoms with Crippen LogP contribution in [0.15, 0.2) is 46.0 Å². The maximum absolute atomic E-state index is 4.39. The highest BCUT2D eigenvalue weighted by molar-refractivity contribution is 9.10. The summed E-state index contributed by atoms with van der Waals surface area (Å²) in [5, 5.41) is 3.45. The topological polar surface area (TPSA) is 35.8 Å². The Hall–Kier alpha value is -1.95. The molecule has 0 aliphatic heterocycles. The Labute approximate surface area is 159 Å². The first-order valence-corrected chi connectivity index (χ1v) is 9.18. The van der Waals surface area contributed by atoms with Gasteiger partial charge in [0.2, 0.25) is 0 Å². The zero-order chi connectivity index (χ0) is 18.4. The Bertz CT molecular complexity index is 703. The maximum atomic E-state index is 4.39. The van der Waals surface area contributed by atoms with Gasteiger partial charge in [-0.15, -0.1) is 0 Å². The molecule has 1 N–H and O–H groups in total. The number of nitrogens with one attached hydrogen (secondary N) is 1. The van der Waals surface area contributed by atoms with Crippen LogP contribution in [0.4, 0.5) is 5.69 Å². The first kappa shape index (κ1) is 19.4. The minimum atomic E-state index is 0.805. The number of aromatic nitrogens is 1. The lowest BCUT2D eigenvalue weighted by Crippen LogP contribution is -2.39. The minimum Gasteiger partial charge on any atom is -0.378 e. The lowest BCUT2D eigenvalue weighted by molar-refractivity contribution is 0.462. The predicted molar refractivity (Wildman–Crippen MR) is 110 cm³/mol. The molecular formula is C19H28BrN5. The minimum absolute atomic E-state index is 0.805. The SMILES string of the molecule is CN=C(NCCc1ccc(N(C)C)cc1)N(C)Cc1cc(Br)cn1C. The number of rotatable bonds is 6. The third-order valence-corrected chi connectivity index (χ3v) is 4.63. The van der Waals surface area contributed by atoms with Gasteiger partial charge in [0.05, 0.1) is 6.54 Å². The van der Waals surface area contributed by atoms with E-state index < -0.39 is 0 Å². The summed E-state index contributed by atoms with van der Waals surface area (Å²) < 4.78 is 3.22. The van der Waals surface area contributed by atoms with Gasteiger partial charge >= 0.3 is 0 Å². The maximum Gasteiger partial charge on any atom is 0.193 e. The van der Waals surface area contributed by atoms with Gasteiger partial charge in [-0.05, 0) is 46.1 Å². The zero-order valence-corrected chi connectivity index (χ0v) is 17.3. The van der Waals surface area contributed by atoms with E-state index in [-0.39, 0.29) is 0 Å². The average Bonchev–Trinajstić information content (AvgIpc) is 2.89. The van der Waals surface area contributed by atoms with Crippen LogP contribution in [0.2, 0.25) is 0 Å². The van der Waals surface area contributed by atoms with Crippen LogP contribution in [0.1, 0.15) is 11.3 Å². The summed E-state index contributed by atoms with van der Waals surface area (Å²) in [7, 11) is 10.1. The number of anilines is 1. The lowest BCUT2D eigenvalue weighted by atomic mass is 10.1. The Morgan fingerprint density at radius 3 is 2.40 bits per heavy atom. The molecule has 0 atom stereocenters. The van der Waals surface area contributed by atoms with E-state index in [2.05, 4.69) is 105 Å². The van der Waals surface area contributed by atoms with Crippen LogP contribution < -0.4 is 10.2 Å². The molecule has 0 saturated heterocycles. The number of hydrogen-bond donors (Lipinski definition) is 1. The van der Waals surface area contributed by atoms with Gasteiger partial charge in [-0.2, -0.15) is 0 Å². The van der Waals surface area contributed by atoms with Crippen molar-refractivity contribution in [3.8, 4) is 0 Å². The van der Waals surface area contributed by atoms with Gasteiger partial charge in [-0.25, -0.2) is 0 Å². The van der Waals surface area contributed by atoms with Crippen molar-refractivity contribution in [2.45, 2.75) is 13.0 Å². The molecule has 0 aliphatic carbocycles. The molecule has 0 bridgehead atoms. The van der Waals surface area contributed by atoms with Crippen molar-refractivity contribution < 1.29 is 0 Å². The fourth-order valence-corrected chi connectivity index (χ4v) is 3.28. The van der Waals surface area contributed by atoms with Crippen LogP contribution in [-0.2, 0) is 20.0 Å². The van der Waals surface area contributed by atoms with Gasteiger partial charge in [-0.3, -0.25) is 4.99 Å². The third kappa shape index (κ3) is 5.53. The quantitative estimate of drug-likeness (QED) is 0.592. The summed E-state index contributed by atoms with van der Waals surface area (Å²) in [6.45, 7) is 1.66. The average molecular weight is 406 g/mol. The second-order valence-electron chi connectivity index (χ2n) is 6.40. The van der Waals surface area contributed by atoms with Crippen molar-refractivity contribution in [1.82, 2.24) is 14.8 Å². The molecule has 0 spiro atoms. The van der Waals surface area contributed by atoms with Gasteiger partial charge < -0.3 is 19.7 Å². The number of aryl methyl sites for hydroxylation is 1. The van der Waals surface area contributed by atoms with Gasteiger partial charge in [0.1, 0.15) is 0 Å². The molecule has 0 aliphatic rings. The highest BCUT2D eigenvalue weighted by Crippen LogP contribution is 2.15. The van der Waals surface area contributed by atoms with E-state index in [9.17, 15) is 0 Å². The highest BCUT2D eigenvalue weighted by Gasteiger charge is 2.09. The second-order valence-corrected chi connectivity index (χ2v) is 7.32. The van der Waals surface area contributed by atoms with Crippen molar-refractivity contribution in [1.29, 1.82) is 0 Å². The molecule has 0 fully saturated rings. The highest BCUT2D eigenvalue weighted by atomic mass is 79.9. The molecule has 1 aromatic carbocycles. The predicted octanol–water partition coefficient (Wildman–Crippen LogP) is 3.10. The third-order valence-electron chi connectivity index (χ3n) is 4.20. The van der Waals surface area contributed by atoms with E-state index in [1.54, 1.807) is 0 Å². The molecule has 0 amide bonds. The summed E-state index contributed by atoms with van der Waals surface area (Å²) in [4.78, 5) is 8.64. The number of aliphatic imine (C=N–C) groups is 1. The largest absolute Gasteiger partial charge is 0.378 e. The number of hydrogen-bond acceptors (Lipinski definition) is 2. The molecule has 2 rings (SSSR count). The van der Waals surface area contributed by atoms with Crippen molar-refractivity contribution in [2.75, 3.05) is 39.6 Å². The molecule has 136 valence electrons. The van der Waals surface area contributed by atoms with Crippen LogP contribution in [-0.4, -0.2) is 50.2 Å². The summed E-state index contributed by atoms with van der Waals surface area (Å²) >= 11 is 3.52. The van der Waals surface area contributed by atoms with E-state index in [1.165, 1.54) is 16.9 Å². The molecule has 0 unspecified atom stereocenters. The molecule has 2 aromatic rings. The standard InChI is InChI=1S/C19H28BrN5/c1-21-19(25(5)14-18-12-16(20)13-24(18)4)22-11-10-15-6-8-17(9-7-15)23(2)3/h6-9,12-13H,10-11,14H2,1-5H3,(H,21,22). The molecule has 1 aromatic heterocycles. The van der Waals surface area contributed by atoms with E-state index in [1.807, 2.05) is 7.05 Å². The smallest absolute Gasteiger partial charge is 0.193 e. The van der Waals surface area contributed by atoms with Gasteiger partial charge in [0.25, 0.3) is 0 Å². The molecule has 1 heterocycles. The Balaban J connectivity index is 1.86. The lowest BCUT2D eigenvalue weighted by Gasteiger charge is -2.22. The van der Waals surface area contributed by atoms with E-state index in [4.69, 9.17) is 0 Å². The number of guanidine groups is 1. The molecule has 5 nitrogen and oxygen atoms in total. The fraction of sp³-hybridized carbons (Fsp3) is 0.421. The molecule has 6 heteroatoms. The number of halogens is 1. The van der Waals surface area contributed by atoms with Crippen LogP contribution in [0.5, 0.6) is 0 Å². The summed E-state index contributed by atoms with van der Waals surface area (Å²) in [6.07, 6.45) is 3.03. The Morgan fingerprint density at radius 2 is 1.88 bits per heavy atom. The molecule has 25 heavy (non-hydrogen) atoms. The Kier molecular flexibility index (Phi) is 6.93. The van der Waals surface area contributed by atoms with Gasteiger partial charge in [-0.1, -0.05) is 12.1 Å². The van der Waals surface area contributed by atoms with Crippen LogP contribution in [0, 0.1) is 0 Å². The van der Waals surface area contributed by atoms with Crippen molar-refractivity contribution >= 4 is 27.6 Å². The first-order valence-electron chi connectivity index (χ1n) is 8.39. The normalized spacial score (nSPS) is 11.5. The first-order chi connectivity index (χ1) is 11.9. The summed E-state index contributed by atoms with van der Waals surface area (Å²) in [5.41, 5.74) is 3.78. The van der Waals surface area contributed by atoms with Crippen LogP contribution in [0.25, 0.3) is 0 Å². The number of benzene rings is 1. The van der Waals surface area contributed by atoms with Crippen molar-refractivity contribution in [3.63, 3.8) is 0 Å².